The van der Waals surface area contributed by atoms with Crippen LogP contribution < -0.4 is 5.73 Å². The second kappa shape index (κ2) is 4.85. The maximum Gasteiger partial charge on any atom is 0.176 e. The van der Waals surface area contributed by atoms with Crippen LogP contribution in [0, 0.1) is 13.8 Å². The van der Waals surface area contributed by atoms with Crippen LogP contribution in [0.2, 0.25) is 0 Å². The SMILES string of the molecule is Cc1ccc(-c2onc(N)c2-c2ccccc2)cc1C. The molecule has 100 valence electrons. The normalized spacial score (nSPS) is 10.7. The van der Waals surface area contributed by atoms with E-state index >= 15 is 0 Å². The molecule has 2 aromatic carbocycles. The molecular formula is C17H16N2O. The summed E-state index contributed by atoms with van der Waals surface area (Å²) in [5.74, 6) is 1.14. The second-order valence-corrected chi connectivity index (χ2v) is 4.94. The van der Waals surface area contributed by atoms with Gasteiger partial charge in [-0.1, -0.05) is 47.6 Å². The first kappa shape index (κ1) is 12.5. The van der Waals surface area contributed by atoms with E-state index in [2.05, 4.69) is 31.1 Å². The number of hydrogen-bond donors (Lipinski definition) is 1. The van der Waals surface area contributed by atoms with Gasteiger partial charge in [0.2, 0.25) is 0 Å². The summed E-state index contributed by atoms with van der Waals surface area (Å²) < 4.78 is 5.46. The highest BCUT2D eigenvalue weighted by Crippen LogP contribution is 2.36. The Balaban J connectivity index is 2.18. The predicted octanol–water partition coefficient (Wildman–Crippen LogP) is 4.21. The Morgan fingerprint density at radius 3 is 2.35 bits per heavy atom. The van der Waals surface area contributed by atoms with Crippen LogP contribution in [0.1, 0.15) is 11.1 Å². The van der Waals surface area contributed by atoms with Crippen LogP contribution in [0.3, 0.4) is 0 Å². The number of nitrogens with two attached hydrogens (primary N) is 1. The minimum absolute atomic E-state index is 0.421. The molecule has 0 bridgehead atoms. The van der Waals surface area contributed by atoms with Crippen LogP contribution in [-0.4, -0.2) is 5.16 Å². The molecule has 0 fully saturated rings. The molecule has 3 heteroatoms. The summed E-state index contributed by atoms with van der Waals surface area (Å²) in [5, 5.41) is 3.92. The molecule has 3 aromatic rings. The number of aryl methyl sites for hydroxylation is 2. The molecule has 0 atom stereocenters. The summed E-state index contributed by atoms with van der Waals surface area (Å²) in [4.78, 5) is 0. The van der Waals surface area contributed by atoms with Gasteiger partial charge >= 0.3 is 0 Å². The van der Waals surface area contributed by atoms with Gasteiger partial charge in [-0.05, 0) is 36.6 Å². The Morgan fingerprint density at radius 1 is 0.900 bits per heavy atom. The molecule has 1 aromatic heterocycles. The summed E-state index contributed by atoms with van der Waals surface area (Å²) in [6, 6.07) is 16.2. The average molecular weight is 264 g/mol. The molecule has 0 radical (unpaired) electrons. The van der Waals surface area contributed by atoms with E-state index in [1.165, 1.54) is 11.1 Å². The summed E-state index contributed by atoms with van der Waals surface area (Å²) in [6.07, 6.45) is 0. The maximum absolute atomic E-state index is 5.97. The van der Waals surface area contributed by atoms with Gasteiger partial charge < -0.3 is 10.3 Å². The van der Waals surface area contributed by atoms with Crippen molar-refractivity contribution in [3.63, 3.8) is 0 Å². The van der Waals surface area contributed by atoms with Gasteiger partial charge in [0.15, 0.2) is 11.6 Å². The van der Waals surface area contributed by atoms with Gasteiger partial charge in [0.25, 0.3) is 0 Å². The van der Waals surface area contributed by atoms with E-state index in [0.29, 0.717) is 5.82 Å². The molecule has 0 saturated carbocycles. The molecule has 0 unspecified atom stereocenters. The van der Waals surface area contributed by atoms with Gasteiger partial charge in [-0.15, -0.1) is 0 Å². The fourth-order valence-electron chi connectivity index (χ4n) is 2.27. The Labute approximate surface area is 118 Å². The van der Waals surface area contributed by atoms with Crippen LogP contribution in [0.15, 0.2) is 53.1 Å². The van der Waals surface area contributed by atoms with Crippen molar-refractivity contribution in [1.29, 1.82) is 0 Å². The first-order chi connectivity index (χ1) is 9.66. The van der Waals surface area contributed by atoms with Crippen molar-refractivity contribution in [1.82, 2.24) is 5.16 Å². The van der Waals surface area contributed by atoms with Crippen molar-refractivity contribution in [2.24, 2.45) is 0 Å². The summed E-state index contributed by atoms with van der Waals surface area (Å²) >= 11 is 0. The summed E-state index contributed by atoms with van der Waals surface area (Å²) in [6.45, 7) is 4.17. The highest BCUT2D eigenvalue weighted by atomic mass is 16.5. The number of hydrogen-bond acceptors (Lipinski definition) is 3. The van der Waals surface area contributed by atoms with Crippen molar-refractivity contribution >= 4 is 5.82 Å². The van der Waals surface area contributed by atoms with Crippen LogP contribution in [0.5, 0.6) is 0 Å². The number of nitrogen functional groups attached to an aromatic ring is 1. The molecule has 0 aliphatic heterocycles. The van der Waals surface area contributed by atoms with Crippen molar-refractivity contribution in [2.75, 3.05) is 5.73 Å². The molecule has 3 rings (SSSR count). The van der Waals surface area contributed by atoms with Gasteiger partial charge in [0, 0.05) is 5.56 Å². The Bertz CT molecular complexity index is 745. The summed E-state index contributed by atoms with van der Waals surface area (Å²) in [7, 11) is 0. The first-order valence-electron chi connectivity index (χ1n) is 6.55. The van der Waals surface area contributed by atoms with Gasteiger partial charge in [-0.2, -0.15) is 0 Å². The van der Waals surface area contributed by atoms with Crippen molar-refractivity contribution in [2.45, 2.75) is 13.8 Å². The van der Waals surface area contributed by atoms with Gasteiger partial charge in [-0.25, -0.2) is 0 Å². The third-order valence-corrected chi connectivity index (χ3v) is 3.55. The molecule has 1 heterocycles. The lowest BCUT2D eigenvalue weighted by Gasteiger charge is -2.05. The molecular weight excluding hydrogens is 248 g/mol. The number of nitrogens with zero attached hydrogens (tertiary/aromatic N) is 1. The number of anilines is 1. The van der Waals surface area contributed by atoms with E-state index in [9.17, 15) is 0 Å². The van der Waals surface area contributed by atoms with Crippen LogP contribution in [-0.2, 0) is 0 Å². The van der Waals surface area contributed by atoms with Crippen LogP contribution in [0.25, 0.3) is 22.5 Å². The fourth-order valence-corrected chi connectivity index (χ4v) is 2.27. The zero-order valence-electron chi connectivity index (χ0n) is 11.6. The van der Waals surface area contributed by atoms with Gasteiger partial charge in [-0.3, -0.25) is 0 Å². The lowest BCUT2D eigenvalue weighted by atomic mass is 9.99. The van der Waals surface area contributed by atoms with Crippen LogP contribution in [0.4, 0.5) is 5.82 Å². The smallest absolute Gasteiger partial charge is 0.176 e. The first-order valence-corrected chi connectivity index (χ1v) is 6.55. The van der Waals surface area contributed by atoms with E-state index in [1.54, 1.807) is 0 Å². The number of rotatable bonds is 2. The lowest BCUT2D eigenvalue weighted by molar-refractivity contribution is 0.436. The molecule has 20 heavy (non-hydrogen) atoms. The van der Waals surface area contributed by atoms with Crippen LogP contribution >= 0.6 is 0 Å². The third kappa shape index (κ3) is 2.07. The highest BCUT2D eigenvalue weighted by molar-refractivity contribution is 5.86. The van der Waals surface area contributed by atoms with E-state index < -0.39 is 0 Å². The minimum Gasteiger partial charge on any atom is -0.380 e. The number of aromatic nitrogens is 1. The lowest BCUT2D eigenvalue weighted by Crippen LogP contribution is -1.89. The second-order valence-electron chi connectivity index (χ2n) is 4.94. The Hall–Kier alpha value is -2.55. The quantitative estimate of drug-likeness (QED) is 0.754. The van der Waals surface area contributed by atoms with E-state index in [4.69, 9.17) is 10.3 Å². The van der Waals surface area contributed by atoms with Crippen molar-refractivity contribution in [3.8, 4) is 22.5 Å². The highest BCUT2D eigenvalue weighted by Gasteiger charge is 2.17. The average Bonchev–Trinajstić information content (AvgIpc) is 2.85. The standard InChI is InChI=1S/C17H16N2O/c1-11-8-9-14(10-12(11)2)16-15(17(18)19-20-16)13-6-4-3-5-7-13/h3-10H,1-2H3,(H2,18,19). The molecule has 0 amide bonds. The predicted molar refractivity (Wildman–Crippen MR) is 81.3 cm³/mol. The zero-order chi connectivity index (χ0) is 14.1. The van der Waals surface area contributed by atoms with E-state index in [-0.39, 0.29) is 0 Å². The minimum atomic E-state index is 0.421. The molecule has 0 spiro atoms. The Morgan fingerprint density at radius 2 is 1.65 bits per heavy atom. The monoisotopic (exact) mass is 264 g/mol. The maximum atomic E-state index is 5.97. The third-order valence-electron chi connectivity index (χ3n) is 3.55. The summed E-state index contributed by atoms with van der Waals surface area (Å²) in [5.41, 5.74) is 11.3. The van der Waals surface area contributed by atoms with Gasteiger partial charge in [0.1, 0.15) is 0 Å². The number of benzene rings is 2. The van der Waals surface area contributed by atoms with E-state index in [1.807, 2.05) is 36.4 Å². The zero-order valence-corrected chi connectivity index (χ0v) is 11.6. The fraction of sp³-hybridized carbons (Fsp3) is 0.118. The van der Waals surface area contributed by atoms with Crippen molar-refractivity contribution in [3.05, 3.63) is 59.7 Å². The molecule has 0 saturated heterocycles. The molecule has 2 N–H and O–H groups in total. The topological polar surface area (TPSA) is 52.0 Å². The molecule has 3 nitrogen and oxygen atoms in total. The van der Waals surface area contributed by atoms with Gasteiger partial charge in [0.05, 0.1) is 5.56 Å². The Kier molecular flexibility index (Phi) is 3.03. The largest absolute Gasteiger partial charge is 0.380 e. The molecule has 0 aliphatic carbocycles. The molecule has 0 aliphatic rings. The van der Waals surface area contributed by atoms with Crippen molar-refractivity contribution < 1.29 is 4.52 Å². The van der Waals surface area contributed by atoms with E-state index in [0.717, 1.165) is 22.5 Å².